The summed E-state index contributed by atoms with van der Waals surface area (Å²) >= 11 is 0. The molecule has 142 valence electrons. The Balaban J connectivity index is 1.38. The first-order chi connectivity index (χ1) is 12.7. The third kappa shape index (κ3) is 3.55. The van der Waals surface area contributed by atoms with Crippen LogP contribution in [-0.2, 0) is 17.6 Å². The highest BCUT2D eigenvalue weighted by Gasteiger charge is 2.42. The zero-order valence-corrected chi connectivity index (χ0v) is 15.5. The largest absolute Gasteiger partial charge is 0.368 e. The molecule has 0 unspecified atom stereocenters. The van der Waals surface area contributed by atoms with Crippen molar-refractivity contribution in [2.24, 2.45) is 5.73 Å². The van der Waals surface area contributed by atoms with Gasteiger partial charge in [0.15, 0.2) is 0 Å². The van der Waals surface area contributed by atoms with Crippen LogP contribution in [0.3, 0.4) is 0 Å². The number of likely N-dealkylation sites (tertiary alicyclic amines) is 1. The minimum absolute atomic E-state index is 0.119. The quantitative estimate of drug-likeness (QED) is 0.809. The summed E-state index contributed by atoms with van der Waals surface area (Å²) in [6.07, 6.45) is 8.55. The number of anilines is 1. The average molecular weight is 358 g/mol. The maximum absolute atomic E-state index is 12.8. The van der Waals surface area contributed by atoms with E-state index in [1.54, 1.807) is 6.33 Å². The van der Waals surface area contributed by atoms with E-state index in [1.807, 2.05) is 4.90 Å². The van der Waals surface area contributed by atoms with Crippen molar-refractivity contribution in [1.29, 1.82) is 0 Å². The lowest BCUT2D eigenvalue weighted by Gasteiger charge is -2.40. The molecule has 0 atom stereocenters. The van der Waals surface area contributed by atoms with Crippen molar-refractivity contribution >= 4 is 11.7 Å². The van der Waals surface area contributed by atoms with E-state index in [4.69, 9.17) is 5.73 Å². The van der Waals surface area contributed by atoms with Gasteiger partial charge in [-0.2, -0.15) is 0 Å². The minimum atomic E-state index is -0.612. The first-order valence-corrected chi connectivity index (χ1v) is 10.0. The van der Waals surface area contributed by atoms with E-state index in [0.717, 1.165) is 56.7 Å². The molecule has 0 aromatic carbocycles. The molecule has 7 heteroatoms. The van der Waals surface area contributed by atoms with E-state index in [0.29, 0.717) is 13.1 Å². The van der Waals surface area contributed by atoms with E-state index in [-0.39, 0.29) is 5.91 Å². The van der Waals surface area contributed by atoms with E-state index >= 15 is 0 Å². The monoisotopic (exact) mass is 358 g/mol. The molecule has 1 aromatic heterocycles. The Morgan fingerprint density at radius 1 is 1.12 bits per heavy atom. The number of amides is 1. The van der Waals surface area contributed by atoms with Crippen LogP contribution in [0.15, 0.2) is 6.33 Å². The Kier molecular flexibility index (Phi) is 5.09. The number of nitrogens with two attached hydrogens (primary N) is 1. The van der Waals surface area contributed by atoms with Crippen LogP contribution in [0.25, 0.3) is 0 Å². The van der Waals surface area contributed by atoms with Gasteiger partial charge >= 0.3 is 0 Å². The van der Waals surface area contributed by atoms with Crippen molar-refractivity contribution in [3.8, 4) is 0 Å². The van der Waals surface area contributed by atoms with Crippen LogP contribution in [0, 0.1) is 0 Å². The second-order valence-corrected chi connectivity index (χ2v) is 7.92. The number of nitrogens with one attached hydrogen (secondary N) is 1. The van der Waals surface area contributed by atoms with Gasteiger partial charge in [-0.1, -0.05) is 0 Å². The van der Waals surface area contributed by atoms with Gasteiger partial charge in [0.2, 0.25) is 5.91 Å². The lowest BCUT2D eigenvalue weighted by Crippen LogP contribution is -2.59. The first-order valence-electron chi connectivity index (χ1n) is 10.0. The molecule has 7 nitrogen and oxygen atoms in total. The Labute approximate surface area is 155 Å². The lowest BCUT2D eigenvalue weighted by atomic mass is 9.76. The molecule has 0 radical (unpaired) electrons. The number of hydrogen-bond donors (Lipinski definition) is 2. The van der Waals surface area contributed by atoms with Crippen molar-refractivity contribution in [2.45, 2.75) is 50.5 Å². The Hall–Kier alpha value is -1.73. The van der Waals surface area contributed by atoms with Gasteiger partial charge in [-0.25, -0.2) is 9.97 Å². The van der Waals surface area contributed by atoms with Gasteiger partial charge in [0.1, 0.15) is 12.1 Å². The smallest absolute Gasteiger partial charge is 0.242 e. The van der Waals surface area contributed by atoms with E-state index in [2.05, 4.69) is 20.2 Å². The molecule has 26 heavy (non-hydrogen) atoms. The van der Waals surface area contributed by atoms with E-state index in [1.165, 1.54) is 31.5 Å². The van der Waals surface area contributed by atoms with Gasteiger partial charge in [0.05, 0.1) is 11.2 Å². The van der Waals surface area contributed by atoms with Crippen LogP contribution < -0.4 is 11.1 Å². The fourth-order valence-electron chi connectivity index (χ4n) is 4.31. The van der Waals surface area contributed by atoms with Gasteiger partial charge in [-0.3, -0.25) is 4.79 Å². The van der Waals surface area contributed by atoms with Crippen LogP contribution in [0.1, 0.15) is 43.4 Å². The highest BCUT2D eigenvalue weighted by molar-refractivity contribution is 5.87. The molecular weight excluding hydrogens is 328 g/mol. The number of rotatable bonds is 5. The normalized spacial score (nSPS) is 22.4. The highest BCUT2D eigenvalue weighted by atomic mass is 16.2. The van der Waals surface area contributed by atoms with Crippen LogP contribution in [0.2, 0.25) is 0 Å². The highest BCUT2D eigenvalue weighted by Crippen LogP contribution is 2.32. The number of carbonyl (C=O) groups excluding carboxylic acids is 1. The van der Waals surface area contributed by atoms with Crippen molar-refractivity contribution < 1.29 is 4.79 Å². The lowest BCUT2D eigenvalue weighted by molar-refractivity contribution is -0.140. The molecule has 1 aliphatic carbocycles. The summed E-state index contributed by atoms with van der Waals surface area (Å²) in [5.41, 5.74) is 7.88. The molecule has 2 aliphatic heterocycles. The standard InChI is InChI=1S/C19H30N6O/c20-19(6-3-7-19)18(26)25-11-4-15-16(5-12-25)22-14-23-17(15)21-8-13-24-9-1-2-10-24/h14H,1-13,20H2,(H,21,22,23). The van der Waals surface area contributed by atoms with Gasteiger partial charge < -0.3 is 20.9 Å². The summed E-state index contributed by atoms with van der Waals surface area (Å²) in [6.45, 7) is 5.79. The number of fused-ring (bicyclic) bond motifs is 1. The molecule has 3 aliphatic rings. The number of nitrogens with zero attached hydrogens (tertiary/aromatic N) is 4. The second kappa shape index (κ2) is 7.48. The Morgan fingerprint density at radius 2 is 1.88 bits per heavy atom. The van der Waals surface area contributed by atoms with Gasteiger partial charge in [-0.15, -0.1) is 0 Å². The van der Waals surface area contributed by atoms with Crippen LogP contribution in [-0.4, -0.2) is 70.5 Å². The van der Waals surface area contributed by atoms with Gasteiger partial charge in [0.25, 0.3) is 0 Å². The van der Waals surface area contributed by atoms with Crippen LogP contribution in [0.5, 0.6) is 0 Å². The maximum atomic E-state index is 12.8. The van der Waals surface area contributed by atoms with E-state index < -0.39 is 5.54 Å². The molecule has 1 amide bonds. The Morgan fingerprint density at radius 3 is 2.62 bits per heavy atom. The first kappa shape index (κ1) is 17.7. The molecule has 0 spiro atoms. The summed E-state index contributed by atoms with van der Waals surface area (Å²) in [7, 11) is 0. The zero-order chi connectivity index (χ0) is 18.0. The summed E-state index contributed by atoms with van der Waals surface area (Å²) in [5.74, 6) is 1.06. The summed E-state index contributed by atoms with van der Waals surface area (Å²) < 4.78 is 0. The summed E-state index contributed by atoms with van der Waals surface area (Å²) in [4.78, 5) is 26.1. The fourth-order valence-corrected chi connectivity index (χ4v) is 4.31. The third-order valence-corrected chi connectivity index (χ3v) is 6.16. The van der Waals surface area contributed by atoms with Crippen molar-refractivity contribution in [3.63, 3.8) is 0 Å². The Bertz CT molecular complexity index is 653. The third-order valence-electron chi connectivity index (χ3n) is 6.16. The summed E-state index contributed by atoms with van der Waals surface area (Å²) in [6, 6.07) is 0. The molecule has 1 aromatic rings. The fraction of sp³-hybridized carbons (Fsp3) is 0.737. The van der Waals surface area contributed by atoms with Crippen LogP contribution >= 0.6 is 0 Å². The molecule has 1 saturated heterocycles. The minimum Gasteiger partial charge on any atom is -0.368 e. The molecule has 0 bridgehead atoms. The molecule has 1 saturated carbocycles. The molecule has 3 N–H and O–H groups in total. The predicted molar refractivity (Wildman–Crippen MR) is 101 cm³/mol. The van der Waals surface area contributed by atoms with Crippen molar-refractivity contribution in [3.05, 3.63) is 17.6 Å². The molecule has 3 heterocycles. The molecule has 4 rings (SSSR count). The predicted octanol–water partition coefficient (Wildman–Crippen LogP) is 0.793. The topological polar surface area (TPSA) is 87.4 Å². The van der Waals surface area contributed by atoms with Crippen molar-refractivity contribution in [1.82, 2.24) is 19.8 Å². The van der Waals surface area contributed by atoms with Gasteiger partial charge in [-0.05, 0) is 51.6 Å². The molecule has 2 fully saturated rings. The van der Waals surface area contributed by atoms with Crippen LogP contribution in [0.4, 0.5) is 5.82 Å². The van der Waals surface area contributed by atoms with Gasteiger partial charge in [0, 0.05) is 38.2 Å². The average Bonchev–Trinajstić information content (AvgIpc) is 3.04. The van der Waals surface area contributed by atoms with Crippen molar-refractivity contribution in [2.75, 3.05) is 44.6 Å². The second-order valence-electron chi connectivity index (χ2n) is 7.92. The number of hydrogen-bond acceptors (Lipinski definition) is 6. The summed E-state index contributed by atoms with van der Waals surface area (Å²) in [5, 5.41) is 3.50. The van der Waals surface area contributed by atoms with E-state index in [9.17, 15) is 4.79 Å². The SMILES string of the molecule is NC1(C(=O)N2CCc3ncnc(NCCN4CCCC4)c3CC2)CCC1. The number of aromatic nitrogens is 2. The number of carbonyl (C=O) groups is 1. The zero-order valence-electron chi connectivity index (χ0n) is 15.5. The maximum Gasteiger partial charge on any atom is 0.242 e. The molecular formula is C19H30N6O.